The van der Waals surface area contributed by atoms with Crippen molar-refractivity contribution in [3.05, 3.63) is 36.5 Å². The van der Waals surface area contributed by atoms with E-state index in [1.54, 1.807) is 6.20 Å². The second-order valence-electron chi connectivity index (χ2n) is 3.74. The van der Waals surface area contributed by atoms with Crippen molar-refractivity contribution in [1.82, 2.24) is 30.6 Å². The number of aromatic nitrogens is 6. The number of hydrogen-bond donors (Lipinski definition) is 1. The molecule has 7 nitrogen and oxygen atoms in total. The first-order chi connectivity index (χ1) is 9.36. The highest BCUT2D eigenvalue weighted by atomic mass is 16.5. The minimum Gasteiger partial charge on any atom is -0.467 e. The fourth-order valence-electron chi connectivity index (χ4n) is 1.70. The van der Waals surface area contributed by atoms with Crippen molar-refractivity contribution in [1.29, 1.82) is 0 Å². The number of nitrogens with zero attached hydrogens (tertiary/aromatic N) is 5. The van der Waals surface area contributed by atoms with Crippen LogP contribution in [0.25, 0.3) is 22.6 Å². The summed E-state index contributed by atoms with van der Waals surface area (Å²) in [4.78, 5) is 8.27. The number of H-pyrrole nitrogens is 1. The van der Waals surface area contributed by atoms with Crippen LogP contribution in [0.1, 0.15) is 0 Å². The van der Waals surface area contributed by atoms with Crippen LogP contribution < -0.4 is 4.74 Å². The molecule has 0 spiro atoms. The summed E-state index contributed by atoms with van der Waals surface area (Å²) in [6.07, 6.45) is 1.65. The zero-order chi connectivity index (χ0) is 13.1. The van der Waals surface area contributed by atoms with Crippen molar-refractivity contribution >= 4 is 0 Å². The molecule has 0 amide bonds. The zero-order valence-electron chi connectivity index (χ0n) is 10.1. The van der Waals surface area contributed by atoms with Gasteiger partial charge in [0.05, 0.1) is 12.8 Å². The summed E-state index contributed by atoms with van der Waals surface area (Å²) in [5, 5.41) is 13.9. The molecule has 2 heterocycles. The van der Waals surface area contributed by atoms with E-state index in [4.69, 9.17) is 4.74 Å². The summed E-state index contributed by atoms with van der Waals surface area (Å²) in [5.41, 5.74) is 2.57. The Hall–Kier alpha value is -2.83. The van der Waals surface area contributed by atoms with Crippen LogP contribution in [-0.2, 0) is 0 Å². The quantitative estimate of drug-likeness (QED) is 0.758. The molecule has 3 aromatic rings. The Morgan fingerprint density at radius 3 is 2.84 bits per heavy atom. The molecule has 0 unspecified atom stereocenters. The summed E-state index contributed by atoms with van der Waals surface area (Å²) in [6.45, 7) is 0. The van der Waals surface area contributed by atoms with E-state index in [9.17, 15) is 0 Å². The number of nitrogens with one attached hydrogen (secondary N) is 1. The first-order valence-electron chi connectivity index (χ1n) is 5.58. The molecule has 19 heavy (non-hydrogen) atoms. The average Bonchev–Trinajstić information content (AvgIpc) is 3.02. The predicted molar refractivity (Wildman–Crippen MR) is 67.2 cm³/mol. The van der Waals surface area contributed by atoms with Gasteiger partial charge in [0, 0.05) is 17.3 Å². The van der Waals surface area contributed by atoms with Gasteiger partial charge in [-0.05, 0) is 17.3 Å². The van der Waals surface area contributed by atoms with Gasteiger partial charge in [-0.2, -0.15) is 10.2 Å². The molecule has 3 rings (SSSR count). The van der Waals surface area contributed by atoms with Crippen LogP contribution >= 0.6 is 0 Å². The fourth-order valence-corrected chi connectivity index (χ4v) is 1.70. The molecule has 0 bridgehead atoms. The maximum Gasteiger partial charge on any atom is 0.316 e. The molecule has 0 radical (unpaired) electrons. The Kier molecular flexibility index (Phi) is 2.85. The van der Waals surface area contributed by atoms with E-state index >= 15 is 0 Å². The summed E-state index contributed by atoms with van der Waals surface area (Å²) in [5.74, 6) is 0.544. The Balaban J connectivity index is 2.03. The van der Waals surface area contributed by atoms with Gasteiger partial charge in [0.25, 0.3) is 0 Å². The number of benzene rings is 1. The molecule has 0 saturated heterocycles. The molecule has 0 fully saturated rings. The van der Waals surface area contributed by atoms with Gasteiger partial charge in [-0.1, -0.05) is 18.2 Å². The van der Waals surface area contributed by atoms with Crippen LogP contribution in [0.2, 0.25) is 0 Å². The lowest BCUT2D eigenvalue weighted by Crippen LogP contribution is -1.93. The number of methoxy groups -OCH3 is 1. The topological polar surface area (TPSA) is 89.5 Å². The molecule has 7 heteroatoms. The maximum absolute atomic E-state index is 5.02. The Morgan fingerprint density at radius 1 is 1.16 bits per heavy atom. The number of rotatable bonds is 3. The molecule has 1 N–H and O–H groups in total. The van der Waals surface area contributed by atoms with Crippen LogP contribution in [0.4, 0.5) is 0 Å². The highest BCUT2D eigenvalue weighted by molar-refractivity contribution is 5.67. The third-order valence-corrected chi connectivity index (χ3v) is 2.58. The first kappa shape index (κ1) is 11.3. The Bertz CT molecular complexity index is 682. The van der Waals surface area contributed by atoms with Crippen LogP contribution in [0.15, 0.2) is 36.5 Å². The van der Waals surface area contributed by atoms with E-state index in [0.29, 0.717) is 11.8 Å². The summed E-state index contributed by atoms with van der Waals surface area (Å²) in [6, 6.07) is 9.86. The minimum atomic E-state index is 0.336. The van der Waals surface area contributed by atoms with Gasteiger partial charge in [-0.25, -0.2) is 4.98 Å². The molecule has 0 atom stereocenters. The van der Waals surface area contributed by atoms with Crippen molar-refractivity contribution < 1.29 is 4.74 Å². The number of ether oxygens (including phenoxy) is 1. The average molecular weight is 254 g/mol. The molecule has 0 aliphatic heterocycles. The third kappa shape index (κ3) is 2.25. The maximum atomic E-state index is 5.02. The predicted octanol–water partition coefficient (Wildman–Crippen LogP) is 1.33. The van der Waals surface area contributed by atoms with E-state index in [1.165, 1.54) is 7.11 Å². The molecule has 1 aromatic carbocycles. The van der Waals surface area contributed by atoms with Gasteiger partial charge in [0.15, 0.2) is 0 Å². The van der Waals surface area contributed by atoms with Crippen LogP contribution in [0, 0.1) is 0 Å². The van der Waals surface area contributed by atoms with Gasteiger partial charge < -0.3 is 4.74 Å². The van der Waals surface area contributed by atoms with Gasteiger partial charge >= 0.3 is 6.01 Å². The number of tetrazole rings is 1. The lowest BCUT2D eigenvalue weighted by molar-refractivity contribution is 0.380. The van der Waals surface area contributed by atoms with E-state index in [0.717, 1.165) is 16.8 Å². The van der Waals surface area contributed by atoms with Crippen LogP contribution in [-0.4, -0.2) is 37.7 Å². The van der Waals surface area contributed by atoms with E-state index in [1.807, 2.05) is 30.3 Å². The Labute approximate surface area is 108 Å². The highest BCUT2D eigenvalue weighted by Gasteiger charge is 2.06. The second kappa shape index (κ2) is 4.81. The normalized spacial score (nSPS) is 10.4. The van der Waals surface area contributed by atoms with Gasteiger partial charge in [0.2, 0.25) is 5.82 Å². The SMILES string of the molecule is COc1nccc(-c2cccc(-c3nn[nH]n3)c2)n1. The smallest absolute Gasteiger partial charge is 0.316 e. The standard InChI is InChI=1S/C12H10N6O/c1-19-12-13-6-5-10(14-12)8-3-2-4-9(7-8)11-15-17-18-16-11/h2-7H,1H3,(H,15,16,17,18). The Morgan fingerprint density at radius 2 is 2.05 bits per heavy atom. The highest BCUT2D eigenvalue weighted by Crippen LogP contribution is 2.23. The van der Waals surface area contributed by atoms with E-state index < -0.39 is 0 Å². The molecule has 94 valence electrons. The second-order valence-corrected chi connectivity index (χ2v) is 3.74. The number of aromatic amines is 1. The van der Waals surface area contributed by atoms with Gasteiger partial charge in [-0.15, -0.1) is 10.2 Å². The summed E-state index contributed by atoms with van der Waals surface area (Å²) >= 11 is 0. The van der Waals surface area contributed by atoms with Gasteiger partial charge in [-0.3, -0.25) is 0 Å². The van der Waals surface area contributed by atoms with Crippen LogP contribution in [0.3, 0.4) is 0 Å². The minimum absolute atomic E-state index is 0.336. The van der Waals surface area contributed by atoms with Crippen molar-refractivity contribution in [3.63, 3.8) is 0 Å². The summed E-state index contributed by atoms with van der Waals surface area (Å²) < 4.78 is 5.02. The number of hydrogen-bond acceptors (Lipinski definition) is 6. The molecule has 0 aliphatic rings. The third-order valence-electron chi connectivity index (χ3n) is 2.58. The van der Waals surface area contributed by atoms with E-state index in [-0.39, 0.29) is 0 Å². The fraction of sp³-hybridized carbons (Fsp3) is 0.0833. The molecule has 2 aromatic heterocycles. The molecular weight excluding hydrogens is 244 g/mol. The summed E-state index contributed by atoms with van der Waals surface area (Å²) in [7, 11) is 1.54. The van der Waals surface area contributed by atoms with E-state index in [2.05, 4.69) is 30.6 Å². The van der Waals surface area contributed by atoms with Crippen molar-refractivity contribution in [2.45, 2.75) is 0 Å². The largest absolute Gasteiger partial charge is 0.467 e. The lowest BCUT2D eigenvalue weighted by atomic mass is 10.1. The monoisotopic (exact) mass is 254 g/mol. The molecule has 0 saturated carbocycles. The molecule has 0 aliphatic carbocycles. The zero-order valence-corrected chi connectivity index (χ0v) is 10.1. The van der Waals surface area contributed by atoms with Gasteiger partial charge in [0.1, 0.15) is 0 Å². The molecular formula is C12H10N6O. The van der Waals surface area contributed by atoms with Crippen molar-refractivity contribution in [2.75, 3.05) is 7.11 Å². The van der Waals surface area contributed by atoms with Crippen molar-refractivity contribution in [2.24, 2.45) is 0 Å². The van der Waals surface area contributed by atoms with Crippen LogP contribution in [0.5, 0.6) is 6.01 Å². The lowest BCUT2D eigenvalue weighted by Gasteiger charge is -2.03. The first-order valence-corrected chi connectivity index (χ1v) is 5.58. The van der Waals surface area contributed by atoms with Crippen molar-refractivity contribution in [3.8, 4) is 28.7 Å².